The zero-order valence-electron chi connectivity index (χ0n) is 8.36. The summed E-state index contributed by atoms with van der Waals surface area (Å²) in [5.74, 6) is -0.194. The molecule has 0 aromatic carbocycles. The van der Waals surface area contributed by atoms with Crippen molar-refractivity contribution < 1.29 is 26.3 Å². The zero-order chi connectivity index (χ0) is 12.8. The predicted molar refractivity (Wildman–Crippen MR) is 46.2 cm³/mol. The first-order chi connectivity index (χ1) is 7.68. The number of hydrogen-bond acceptors (Lipinski definition) is 1. The number of nitrogens with zero attached hydrogens (tertiary/aromatic N) is 1. The molecular formula is C10H7F6N. The first-order valence-corrected chi connectivity index (χ1v) is 4.84. The Kier molecular flexibility index (Phi) is 2.59. The lowest BCUT2D eigenvalue weighted by atomic mass is 10.1. The molecule has 94 valence electrons. The number of rotatable bonds is 1. The molecule has 0 amide bonds. The van der Waals surface area contributed by atoms with E-state index in [0.29, 0.717) is 25.0 Å². The van der Waals surface area contributed by atoms with Gasteiger partial charge in [-0.25, -0.2) is 4.98 Å². The van der Waals surface area contributed by atoms with Crippen molar-refractivity contribution in [3.8, 4) is 0 Å². The van der Waals surface area contributed by atoms with E-state index >= 15 is 0 Å². The molecule has 0 unspecified atom stereocenters. The Bertz CT molecular complexity index is 397. The Hall–Kier alpha value is -1.27. The van der Waals surface area contributed by atoms with Gasteiger partial charge in [0, 0.05) is 0 Å². The molecule has 0 spiro atoms. The fourth-order valence-electron chi connectivity index (χ4n) is 1.49. The Labute approximate surface area is 92.5 Å². The third-order valence-corrected chi connectivity index (χ3v) is 2.48. The lowest BCUT2D eigenvalue weighted by Gasteiger charge is -2.12. The van der Waals surface area contributed by atoms with Crippen molar-refractivity contribution in [2.75, 3.05) is 0 Å². The summed E-state index contributed by atoms with van der Waals surface area (Å²) in [6, 6.07) is 1.40. The van der Waals surface area contributed by atoms with Gasteiger partial charge in [0.15, 0.2) is 0 Å². The molecule has 17 heavy (non-hydrogen) atoms. The third-order valence-electron chi connectivity index (χ3n) is 2.48. The number of aromatic nitrogens is 1. The second kappa shape index (κ2) is 3.61. The largest absolute Gasteiger partial charge is 0.433 e. The van der Waals surface area contributed by atoms with Gasteiger partial charge in [-0.15, -0.1) is 0 Å². The first-order valence-electron chi connectivity index (χ1n) is 4.84. The molecule has 1 heterocycles. The smallest absolute Gasteiger partial charge is 0.239 e. The number of pyridine rings is 1. The van der Waals surface area contributed by atoms with Crippen LogP contribution in [0.5, 0.6) is 0 Å². The van der Waals surface area contributed by atoms with E-state index in [1.807, 2.05) is 0 Å². The van der Waals surface area contributed by atoms with E-state index in [-0.39, 0.29) is 11.5 Å². The average molecular weight is 255 g/mol. The quantitative estimate of drug-likeness (QED) is 0.691. The zero-order valence-corrected chi connectivity index (χ0v) is 8.36. The normalized spacial score (nSPS) is 17.3. The summed E-state index contributed by atoms with van der Waals surface area (Å²) >= 11 is 0. The van der Waals surface area contributed by atoms with Gasteiger partial charge in [-0.05, 0) is 36.5 Å². The van der Waals surface area contributed by atoms with Crippen LogP contribution in [-0.4, -0.2) is 4.98 Å². The van der Waals surface area contributed by atoms with Gasteiger partial charge in [-0.2, -0.15) is 26.3 Å². The summed E-state index contributed by atoms with van der Waals surface area (Å²) < 4.78 is 74.3. The van der Waals surface area contributed by atoms with Crippen LogP contribution in [0.2, 0.25) is 0 Å². The van der Waals surface area contributed by atoms with E-state index in [1.54, 1.807) is 0 Å². The van der Waals surface area contributed by atoms with E-state index in [0.717, 1.165) is 0 Å². The maximum Gasteiger partial charge on any atom is 0.433 e. The summed E-state index contributed by atoms with van der Waals surface area (Å²) in [6.45, 7) is 0. The first kappa shape index (κ1) is 12.2. The molecule has 7 heteroatoms. The standard InChI is InChI=1S/C10H7F6N/c11-9(12,13)7-3-6(5-1-2-5)4-8(17-7)10(14,15)16/h3-5H,1-2H2. The van der Waals surface area contributed by atoms with Gasteiger partial charge in [-0.3, -0.25) is 0 Å². The molecule has 1 aliphatic carbocycles. The Balaban J connectivity index is 2.50. The van der Waals surface area contributed by atoms with Gasteiger partial charge >= 0.3 is 12.4 Å². The number of hydrogen-bond donors (Lipinski definition) is 0. The Morgan fingerprint density at radius 2 is 1.29 bits per heavy atom. The molecule has 0 bridgehead atoms. The summed E-state index contributed by atoms with van der Waals surface area (Å²) in [6.07, 6.45) is -8.47. The lowest BCUT2D eigenvalue weighted by molar-refractivity contribution is -0.150. The van der Waals surface area contributed by atoms with Crippen molar-refractivity contribution >= 4 is 0 Å². The Morgan fingerprint density at radius 3 is 1.59 bits per heavy atom. The Morgan fingerprint density at radius 1 is 0.882 bits per heavy atom. The molecule has 0 atom stereocenters. The summed E-state index contributed by atoms with van der Waals surface area (Å²) in [5.41, 5.74) is -2.89. The van der Waals surface area contributed by atoms with Crippen LogP contribution in [0.15, 0.2) is 12.1 Å². The van der Waals surface area contributed by atoms with E-state index in [1.165, 1.54) is 0 Å². The molecule has 0 radical (unpaired) electrons. The molecular weight excluding hydrogens is 248 g/mol. The fraction of sp³-hybridized carbons (Fsp3) is 0.500. The molecule has 0 aliphatic heterocycles. The van der Waals surface area contributed by atoms with Crippen molar-refractivity contribution in [3.05, 3.63) is 29.1 Å². The molecule has 1 nitrogen and oxygen atoms in total. The molecule has 2 rings (SSSR count). The van der Waals surface area contributed by atoms with Gasteiger partial charge in [0.25, 0.3) is 0 Å². The molecule has 0 N–H and O–H groups in total. The highest BCUT2D eigenvalue weighted by Gasteiger charge is 2.40. The highest BCUT2D eigenvalue weighted by atomic mass is 19.4. The summed E-state index contributed by atoms with van der Waals surface area (Å²) in [5, 5.41) is 0. The van der Waals surface area contributed by atoms with Crippen LogP contribution in [-0.2, 0) is 12.4 Å². The molecule has 1 aliphatic rings. The topological polar surface area (TPSA) is 12.9 Å². The minimum Gasteiger partial charge on any atom is -0.239 e. The van der Waals surface area contributed by atoms with E-state index in [4.69, 9.17) is 0 Å². The van der Waals surface area contributed by atoms with Crippen molar-refractivity contribution in [1.29, 1.82) is 0 Å². The summed E-state index contributed by atoms with van der Waals surface area (Å²) in [4.78, 5) is 2.64. The summed E-state index contributed by atoms with van der Waals surface area (Å²) in [7, 11) is 0. The average Bonchev–Trinajstić information content (AvgIpc) is 2.97. The minimum absolute atomic E-state index is 0.0691. The highest BCUT2D eigenvalue weighted by Crippen LogP contribution is 2.43. The van der Waals surface area contributed by atoms with Crippen LogP contribution < -0.4 is 0 Å². The second-order valence-corrected chi connectivity index (χ2v) is 3.94. The van der Waals surface area contributed by atoms with E-state index in [9.17, 15) is 26.3 Å². The fourth-order valence-corrected chi connectivity index (χ4v) is 1.49. The van der Waals surface area contributed by atoms with Gasteiger partial charge in [0.05, 0.1) is 0 Å². The maximum atomic E-state index is 12.4. The molecule has 1 aromatic rings. The lowest BCUT2D eigenvalue weighted by Crippen LogP contribution is -2.15. The van der Waals surface area contributed by atoms with Crippen molar-refractivity contribution in [2.45, 2.75) is 31.1 Å². The number of alkyl halides is 6. The van der Waals surface area contributed by atoms with Crippen molar-refractivity contribution in [2.24, 2.45) is 0 Å². The minimum atomic E-state index is -4.86. The van der Waals surface area contributed by atoms with Crippen molar-refractivity contribution in [3.63, 3.8) is 0 Å². The molecule has 1 saturated carbocycles. The van der Waals surface area contributed by atoms with Gasteiger partial charge in [-0.1, -0.05) is 0 Å². The molecule has 0 saturated heterocycles. The van der Waals surface area contributed by atoms with E-state index in [2.05, 4.69) is 4.98 Å². The van der Waals surface area contributed by atoms with Gasteiger partial charge in [0.2, 0.25) is 0 Å². The van der Waals surface area contributed by atoms with Crippen LogP contribution in [0, 0.1) is 0 Å². The predicted octanol–water partition coefficient (Wildman–Crippen LogP) is 4.00. The SMILES string of the molecule is FC(F)(F)c1cc(C2CC2)cc(C(F)(F)F)n1. The van der Waals surface area contributed by atoms with Gasteiger partial charge < -0.3 is 0 Å². The van der Waals surface area contributed by atoms with Crippen LogP contribution in [0.1, 0.15) is 35.7 Å². The highest BCUT2D eigenvalue weighted by molar-refractivity contribution is 5.30. The maximum absolute atomic E-state index is 12.4. The van der Waals surface area contributed by atoms with Crippen molar-refractivity contribution in [1.82, 2.24) is 4.98 Å². The van der Waals surface area contributed by atoms with Crippen LogP contribution in [0.4, 0.5) is 26.3 Å². The van der Waals surface area contributed by atoms with Gasteiger partial charge in [0.1, 0.15) is 11.4 Å². The van der Waals surface area contributed by atoms with Crippen LogP contribution in [0.25, 0.3) is 0 Å². The van der Waals surface area contributed by atoms with Crippen LogP contribution in [0.3, 0.4) is 0 Å². The third kappa shape index (κ3) is 2.70. The van der Waals surface area contributed by atoms with Crippen LogP contribution >= 0.6 is 0 Å². The van der Waals surface area contributed by atoms with E-state index < -0.39 is 23.7 Å². The monoisotopic (exact) mass is 255 g/mol. The number of halogens is 6. The molecule has 1 aromatic heterocycles. The molecule has 1 fully saturated rings. The second-order valence-electron chi connectivity index (χ2n) is 3.94.